The molecule has 0 aliphatic carbocycles. The molecule has 1 atom stereocenters. The first-order valence-corrected chi connectivity index (χ1v) is 6.71. The number of ether oxygens (including phenoxy) is 1. The fourth-order valence-electron chi connectivity index (χ4n) is 2.53. The van der Waals surface area contributed by atoms with Crippen molar-refractivity contribution in [1.82, 2.24) is 5.32 Å². The summed E-state index contributed by atoms with van der Waals surface area (Å²) in [5.41, 5.74) is 1.68. The zero-order chi connectivity index (χ0) is 13.3. The second-order valence-corrected chi connectivity index (χ2v) is 5.79. The Labute approximate surface area is 114 Å². The first kappa shape index (κ1) is 12.2. The smallest absolute Gasteiger partial charge is 0.127 e. The number of hydrogen-bond donors (Lipinski definition) is 1. The predicted molar refractivity (Wildman–Crippen MR) is 77.5 cm³/mol. The monoisotopic (exact) mass is 253 g/mol. The van der Waals surface area contributed by atoms with Gasteiger partial charge in [0.15, 0.2) is 0 Å². The Hall–Kier alpha value is -1.80. The van der Waals surface area contributed by atoms with Crippen LogP contribution in [0.5, 0.6) is 11.5 Å². The second-order valence-electron chi connectivity index (χ2n) is 5.79. The van der Waals surface area contributed by atoms with Crippen LogP contribution in [0.1, 0.15) is 25.5 Å². The highest BCUT2D eigenvalue weighted by Gasteiger charge is 2.38. The fraction of sp³-hybridized carbons (Fsp3) is 0.294. The highest BCUT2D eigenvalue weighted by atomic mass is 16.5. The molecule has 2 heteroatoms. The molecule has 2 aromatic rings. The molecule has 98 valence electrons. The molecule has 0 spiro atoms. The van der Waals surface area contributed by atoms with Gasteiger partial charge in [0.25, 0.3) is 0 Å². The summed E-state index contributed by atoms with van der Waals surface area (Å²) < 4.78 is 5.80. The van der Waals surface area contributed by atoms with Crippen LogP contribution in [0.4, 0.5) is 0 Å². The quantitative estimate of drug-likeness (QED) is 0.887. The van der Waals surface area contributed by atoms with E-state index < -0.39 is 0 Å². The lowest BCUT2D eigenvalue weighted by molar-refractivity contribution is 0.128. The Kier molecular flexibility index (Phi) is 3.03. The SMILES string of the molecule is CC1(C)CNC1c1ccc(Oc2ccccc2)cc1. The summed E-state index contributed by atoms with van der Waals surface area (Å²) in [5, 5.41) is 3.48. The topological polar surface area (TPSA) is 21.3 Å². The van der Waals surface area contributed by atoms with Gasteiger partial charge in [0.05, 0.1) is 0 Å². The fourth-order valence-corrected chi connectivity index (χ4v) is 2.53. The molecular weight excluding hydrogens is 234 g/mol. The van der Waals surface area contributed by atoms with E-state index in [1.165, 1.54) is 5.56 Å². The summed E-state index contributed by atoms with van der Waals surface area (Å²) in [6, 6.07) is 18.7. The normalized spacial score (nSPS) is 20.6. The summed E-state index contributed by atoms with van der Waals surface area (Å²) in [6.07, 6.45) is 0. The number of rotatable bonds is 3. The molecule has 2 nitrogen and oxygen atoms in total. The molecule has 1 N–H and O–H groups in total. The zero-order valence-corrected chi connectivity index (χ0v) is 11.4. The molecule has 1 unspecified atom stereocenters. The minimum atomic E-state index is 0.349. The Morgan fingerprint density at radius 1 is 0.947 bits per heavy atom. The van der Waals surface area contributed by atoms with E-state index in [1.807, 2.05) is 42.5 Å². The van der Waals surface area contributed by atoms with Crippen LogP contribution in [0.15, 0.2) is 54.6 Å². The van der Waals surface area contributed by atoms with Gasteiger partial charge in [0.1, 0.15) is 11.5 Å². The van der Waals surface area contributed by atoms with Crippen LogP contribution in [0.2, 0.25) is 0 Å². The van der Waals surface area contributed by atoms with Gasteiger partial charge in [-0.25, -0.2) is 0 Å². The lowest BCUT2D eigenvalue weighted by Gasteiger charge is -2.46. The maximum absolute atomic E-state index is 5.80. The summed E-state index contributed by atoms with van der Waals surface area (Å²) in [6.45, 7) is 5.67. The predicted octanol–water partition coefficient (Wildman–Crippen LogP) is 4.15. The molecule has 3 rings (SSSR count). The van der Waals surface area contributed by atoms with Crippen molar-refractivity contribution in [1.29, 1.82) is 0 Å². The minimum absolute atomic E-state index is 0.349. The lowest BCUT2D eigenvalue weighted by atomic mass is 9.74. The maximum atomic E-state index is 5.80. The first-order valence-electron chi connectivity index (χ1n) is 6.71. The second kappa shape index (κ2) is 4.71. The van der Waals surface area contributed by atoms with Crippen molar-refractivity contribution in [3.63, 3.8) is 0 Å². The molecule has 1 aliphatic heterocycles. The van der Waals surface area contributed by atoms with Crippen LogP contribution in [0.25, 0.3) is 0 Å². The molecule has 0 amide bonds. The average Bonchev–Trinajstić information content (AvgIpc) is 2.41. The average molecular weight is 253 g/mol. The number of nitrogens with one attached hydrogen (secondary N) is 1. The van der Waals surface area contributed by atoms with E-state index in [0.717, 1.165) is 18.0 Å². The molecule has 0 radical (unpaired) electrons. The largest absolute Gasteiger partial charge is 0.457 e. The van der Waals surface area contributed by atoms with Crippen LogP contribution >= 0.6 is 0 Å². The third-order valence-corrected chi connectivity index (χ3v) is 3.74. The minimum Gasteiger partial charge on any atom is -0.457 e. The van der Waals surface area contributed by atoms with Crippen molar-refractivity contribution in [3.05, 3.63) is 60.2 Å². The molecule has 19 heavy (non-hydrogen) atoms. The molecule has 1 saturated heterocycles. The number of para-hydroxylation sites is 1. The van der Waals surface area contributed by atoms with Gasteiger partial charge in [0, 0.05) is 12.6 Å². The summed E-state index contributed by atoms with van der Waals surface area (Å²) in [5.74, 6) is 1.75. The van der Waals surface area contributed by atoms with Gasteiger partial charge in [-0.2, -0.15) is 0 Å². The van der Waals surface area contributed by atoms with Gasteiger partial charge in [-0.05, 0) is 35.2 Å². The number of hydrogen-bond acceptors (Lipinski definition) is 2. The highest BCUT2D eigenvalue weighted by Crippen LogP contribution is 2.40. The first-order chi connectivity index (χ1) is 9.15. The van der Waals surface area contributed by atoms with E-state index in [-0.39, 0.29) is 0 Å². The Bertz CT molecular complexity index is 545. The summed E-state index contributed by atoms with van der Waals surface area (Å²) >= 11 is 0. The van der Waals surface area contributed by atoms with Gasteiger partial charge in [-0.15, -0.1) is 0 Å². The van der Waals surface area contributed by atoms with Crippen LogP contribution in [-0.2, 0) is 0 Å². The van der Waals surface area contributed by atoms with Gasteiger partial charge in [0.2, 0.25) is 0 Å². The van der Waals surface area contributed by atoms with Gasteiger partial charge >= 0.3 is 0 Å². The lowest BCUT2D eigenvalue weighted by Crippen LogP contribution is -2.52. The maximum Gasteiger partial charge on any atom is 0.127 e. The Morgan fingerprint density at radius 2 is 1.58 bits per heavy atom. The van der Waals surface area contributed by atoms with Crippen molar-refractivity contribution in [2.45, 2.75) is 19.9 Å². The Morgan fingerprint density at radius 3 is 2.11 bits per heavy atom. The van der Waals surface area contributed by atoms with Gasteiger partial charge < -0.3 is 10.1 Å². The summed E-state index contributed by atoms with van der Waals surface area (Å²) in [7, 11) is 0. The third kappa shape index (κ3) is 2.49. The van der Waals surface area contributed by atoms with Crippen LogP contribution in [0, 0.1) is 5.41 Å². The van der Waals surface area contributed by atoms with E-state index >= 15 is 0 Å². The van der Waals surface area contributed by atoms with E-state index in [4.69, 9.17) is 4.74 Å². The third-order valence-electron chi connectivity index (χ3n) is 3.74. The molecule has 0 aromatic heterocycles. The van der Waals surface area contributed by atoms with Crippen molar-refractivity contribution in [2.75, 3.05) is 6.54 Å². The standard InChI is InChI=1S/C17H19NO/c1-17(2)12-18-16(17)13-8-10-15(11-9-13)19-14-6-4-3-5-7-14/h3-11,16,18H,12H2,1-2H3. The van der Waals surface area contributed by atoms with Crippen molar-refractivity contribution in [3.8, 4) is 11.5 Å². The van der Waals surface area contributed by atoms with E-state index in [2.05, 4.69) is 31.3 Å². The molecule has 1 aliphatic rings. The number of benzene rings is 2. The van der Waals surface area contributed by atoms with Crippen LogP contribution in [-0.4, -0.2) is 6.54 Å². The molecule has 1 heterocycles. The van der Waals surface area contributed by atoms with Crippen molar-refractivity contribution >= 4 is 0 Å². The van der Waals surface area contributed by atoms with Crippen molar-refractivity contribution in [2.24, 2.45) is 5.41 Å². The molecule has 1 fully saturated rings. The molecule has 2 aromatic carbocycles. The van der Waals surface area contributed by atoms with Crippen LogP contribution in [0.3, 0.4) is 0 Å². The molecule has 0 bridgehead atoms. The van der Waals surface area contributed by atoms with Crippen LogP contribution < -0.4 is 10.1 Å². The van der Waals surface area contributed by atoms with Gasteiger partial charge in [-0.1, -0.05) is 44.2 Å². The summed E-state index contributed by atoms with van der Waals surface area (Å²) in [4.78, 5) is 0. The van der Waals surface area contributed by atoms with Crippen molar-refractivity contribution < 1.29 is 4.74 Å². The zero-order valence-electron chi connectivity index (χ0n) is 11.4. The van der Waals surface area contributed by atoms with Gasteiger partial charge in [-0.3, -0.25) is 0 Å². The van der Waals surface area contributed by atoms with E-state index in [0.29, 0.717) is 11.5 Å². The Balaban J connectivity index is 1.73. The molecule has 0 saturated carbocycles. The van der Waals surface area contributed by atoms with E-state index in [9.17, 15) is 0 Å². The molecular formula is C17H19NO. The highest BCUT2D eigenvalue weighted by molar-refractivity contribution is 5.35. The van der Waals surface area contributed by atoms with E-state index in [1.54, 1.807) is 0 Å².